The Kier molecular flexibility index (Phi) is 12.6. The van der Waals surface area contributed by atoms with Crippen LogP contribution in [0.2, 0.25) is 0 Å². The Balaban J connectivity index is 0.000000496. The molecule has 0 aromatic heterocycles. The van der Waals surface area contributed by atoms with Gasteiger partial charge in [0.05, 0.1) is 32.0 Å². The van der Waals surface area contributed by atoms with Crippen molar-refractivity contribution in [2.45, 2.75) is 64.2 Å². The van der Waals surface area contributed by atoms with Crippen LogP contribution in [-0.4, -0.2) is 103 Å². The number of amides is 2. The number of rotatable bonds is 9. The Bertz CT molecular complexity index is 1090. The number of nitrogens with one attached hydrogen (secondary N) is 1. The number of nitrogens with zero attached hydrogens (tertiary/aromatic N) is 2. The van der Waals surface area contributed by atoms with Crippen molar-refractivity contribution in [1.29, 1.82) is 0 Å². The van der Waals surface area contributed by atoms with E-state index in [0.29, 0.717) is 52.2 Å². The van der Waals surface area contributed by atoms with E-state index in [1.165, 1.54) is 16.7 Å². The molecular weight excluding hydrogens is 522 g/mol. The largest absolute Gasteiger partial charge is 0.494 e. The van der Waals surface area contributed by atoms with Crippen LogP contribution in [0.25, 0.3) is 0 Å². The number of aliphatic hydroxyl groups excluding tert-OH is 2. The van der Waals surface area contributed by atoms with Crippen LogP contribution in [0.15, 0.2) is 48.5 Å². The van der Waals surface area contributed by atoms with Crippen molar-refractivity contribution in [3.63, 3.8) is 0 Å². The first-order chi connectivity index (χ1) is 19.5. The highest BCUT2D eigenvalue weighted by molar-refractivity contribution is 5.90. The van der Waals surface area contributed by atoms with Gasteiger partial charge in [-0.05, 0) is 69.5 Å². The van der Waals surface area contributed by atoms with E-state index in [1.807, 2.05) is 17.0 Å². The maximum absolute atomic E-state index is 12.8. The zero-order chi connectivity index (χ0) is 29.8. The van der Waals surface area contributed by atoms with Crippen molar-refractivity contribution in [3.8, 4) is 5.75 Å². The zero-order valence-corrected chi connectivity index (χ0v) is 25.0. The van der Waals surface area contributed by atoms with E-state index >= 15 is 0 Å². The van der Waals surface area contributed by atoms with Gasteiger partial charge < -0.3 is 34.8 Å². The highest BCUT2D eigenvalue weighted by atomic mass is 16.5. The van der Waals surface area contributed by atoms with Gasteiger partial charge >= 0.3 is 0 Å². The van der Waals surface area contributed by atoms with Gasteiger partial charge in [-0.1, -0.05) is 36.4 Å². The number of piperazine rings is 1. The summed E-state index contributed by atoms with van der Waals surface area (Å²) >= 11 is 0. The van der Waals surface area contributed by atoms with Crippen LogP contribution in [0, 0.1) is 6.92 Å². The molecule has 0 bridgehead atoms. The van der Waals surface area contributed by atoms with Crippen LogP contribution >= 0.6 is 0 Å². The van der Waals surface area contributed by atoms with Crippen LogP contribution in [0.1, 0.15) is 49.8 Å². The van der Waals surface area contributed by atoms with E-state index in [0.717, 1.165) is 25.3 Å². The molecule has 2 aromatic carbocycles. The second-order valence-corrected chi connectivity index (χ2v) is 11.5. The van der Waals surface area contributed by atoms with E-state index in [-0.39, 0.29) is 11.8 Å². The maximum atomic E-state index is 12.8. The molecule has 4 rings (SSSR count). The molecule has 2 aliphatic heterocycles. The standard InChI is InChI=1S/C27H37N3O3.C5H10O3/c1-21-8-5-6-9-23(21)20-22-11-13-24(14-12-22)33-19-7-10-25(31)28-27(2,3)26(32)30-17-15-29(4)16-18-30;6-4-1-5(7)3-8-2-4/h5-6,8-9,11-14H,7,10,15-20H2,1-4H3,(H,28,31);4-7H,1-3H2. The molecule has 9 nitrogen and oxygen atoms in total. The van der Waals surface area contributed by atoms with Crippen molar-refractivity contribution < 1.29 is 29.3 Å². The number of hydrogen-bond donors (Lipinski definition) is 3. The molecule has 2 aliphatic rings. The van der Waals surface area contributed by atoms with Gasteiger partial charge in [0.15, 0.2) is 0 Å². The van der Waals surface area contributed by atoms with E-state index in [2.05, 4.69) is 60.6 Å². The normalized spacial score (nSPS) is 19.6. The summed E-state index contributed by atoms with van der Waals surface area (Å²) in [6, 6.07) is 16.5. The first-order valence-electron chi connectivity index (χ1n) is 14.5. The lowest BCUT2D eigenvalue weighted by molar-refractivity contribution is -0.141. The fourth-order valence-corrected chi connectivity index (χ4v) is 4.81. The lowest BCUT2D eigenvalue weighted by Crippen LogP contribution is -2.59. The molecule has 0 spiro atoms. The summed E-state index contributed by atoms with van der Waals surface area (Å²) in [5.74, 6) is 0.653. The molecule has 3 N–H and O–H groups in total. The second-order valence-electron chi connectivity index (χ2n) is 11.5. The first kappa shape index (κ1) is 32.5. The third-order valence-corrected chi connectivity index (χ3v) is 7.34. The minimum absolute atomic E-state index is 0.0222. The van der Waals surface area contributed by atoms with Gasteiger partial charge in [-0.25, -0.2) is 0 Å². The minimum atomic E-state index is -0.902. The van der Waals surface area contributed by atoms with E-state index in [4.69, 9.17) is 19.7 Å². The molecule has 9 heteroatoms. The Morgan fingerprint density at radius 3 is 2.22 bits per heavy atom. The summed E-state index contributed by atoms with van der Waals surface area (Å²) in [6.07, 6.45) is 1.35. The number of carbonyl (C=O) groups is 2. The molecule has 2 aromatic rings. The van der Waals surface area contributed by atoms with Gasteiger partial charge in [0, 0.05) is 39.0 Å². The lowest BCUT2D eigenvalue weighted by atomic mass is 10.0. The van der Waals surface area contributed by atoms with Crippen LogP contribution < -0.4 is 10.1 Å². The van der Waals surface area contributed by atoms with Gasteiger partial charge in [-0.2, -0.15) is 0 Å². The maximum Gasteiger partial charge on any atom is 0.247 e. The molecule has 41 heavy (non-hydrogen) atoms. The Morgan fingerprint density at radius 2 is 1.63 bits per heavy atom. The summed E-state index contributed by atoms with van der Waals surface area (Å²) in [4.78, 5) is 29.3. The van der Waals surface area contributed by atoms with Crippen LogP contribution in [-0.2, 0) is 20.7 Å². The predicted octanol–water partition coefficient (Wildman–Crippen LogP) is 2.54. The highest BCUT2D eigenvalue weighted by Gasteiger charge is 2.34. The molecular formula is C32H47N3O6. The average Bonchev–Trinajstić information content (AvgIpc) is 2.93. The summed E-state index contributed by atoms with van der Waals surface area (Å²) in [5.41, 5.74) is 2.96. The Labute approximate surface area is 244 Å². The Hall–Kier alpha value is -2.98. The van der Waals surface area contributed by atoms with Gasteiger partial charge in [-0.15, -0.1) is 0 Å². The number of aliphatic hydroxyl groups is 2. The summed E-state index contributed by atoms with van der Waals surface area (Å²) < 4.78 is 10.6. The fourth-order valence-electron chi connectivity index (χ4n) is 4.81. The molecule has 2 fully saturated rings. The third kappa shape index (κ3) is 11.1. The number of likely N-dealkylation sites (N-methyl/N-ethyl adjacent to an activating group) is 1. The molecule has 226 valence electrons. The first-order valence-corrected chi connectivity index (χ1v) is 14.5. The van der Waals surface area contributed by atoms with Gasteiger partial charge in [0.25, 0.3) is 0 Å². The van der Waals surface area contributed by atoms with Crippen molar-refractivity contribution >= 4 is 11.8 Å². The third-order valence-electron chi connectivity index (χ3n) is 7.34. The van der Waals surface area contributed by atoms with Gasteiger partial charge in [0.2, 0.25) is 11.8 Å². The fraction of sp³-hybridized carbons (Fsp3) is 0.562. The second kappa shape index (κ2) is 15.9. The predicted molar refractivity (Wildman–Crippen MR) is 159 cm³/mol. The highest BCUT2D eigenvalue weighted by Crippen LogP contribution is 2.18. The van der Waals surface area contributed by atoms with Gasteiger partial charge in [0.1, 0.15) is 11.3 Å². The van der Waals surface area contributed by atoms with E-state index in [1.54, 1.807) is 13.8 Å². The van der Waals surface area contributed by atoms with Crippen molar-refractivity contribution in [2.24, 2.45) is 0 Å². The number of hydrogen-bond acceptors (Lipinski definition) is 7. The summed E-state index contributed by atoms with van der Waals surface area (Å²) in [7, 11) is 2.05. The van der Waals surface area contributed by atoms with Crippen LogP contribution in [0.4, 0.5) is 0 Å². The molecule has 0 saturated carbocycles. The topological polar surface area (TPSA) is 112 Å². The summed E-state index contributed by atoms with van der Waals surface area (Å²) in [6.45, 7) is 10.0. The monoisotopic (exact) mass is 569 g/mol. The van der Waals surface area contributed by atoms with Crippen LogP contribution in [0.5, 0.6) is 5.75 Å². The van der Waals surface area contributed by atoms with Crippen molar-refractivity contribution in [2.75, 3.05) is 53.0 Å². The van der Waals surface area contributed by atoms with E-state index in [9.17, 15) is 9.59 Å². The molecule has 2 amide bonds. The molecule has 0 aliphatic carbocycles. The zero-order valence-electron chi connectivity index (χ0n) is 25.0. The molecule has 2 atom stereocenters. The SMILES string of the molecule is Cc1ccccc1Cc1ccc(OCCCC(=O)NC(C)(C)C(=O)N2CCN(C)CC2)cc1.OC1COCC(O)C1. The smallest absolute Gasteiger partial charge is 0.247 e. The molecule has 0 radical (unpaired) electrons. The quantitative estimate of drug-likeness (QED) is 0.398. The van der Waals surface area contributed by atoms with Crippen molar-refractivity contribution in [3.05, 3.63) is 65.2 Å². The lowest BCUT2D eigenvalue weighted by Gasteiger charge is -2.37. The number of aryl methyl sites for hydroxylation is 1. The number of carbonyl (C=O) groups excluding carboxylic acids is 2. The average molecular weight is 570 g/mol. The number of ether oxygens (including phenoxy) is 2. The van der Waals surface area contributed by atoms with E-state index < -0.39 is 17.7 Å². The molecule has 2 heterocycles. The van der Waals surface area contributed by atoms with Crippen molar-refractivity contribution in [1.82, 2.24) is 15.1 Å². The van der Waals surface area contributed by atoms with Gasteiger partial charge in [-0.3, -0.25) is 9.59 Å². The molecule has 2 unspecified atom stereocenters. The number of benzene rings is 2. The molecule has 2 saturated heterocycles. The summed E-state index contributed by atoms with van der Waals surface area (Å²) in [5, 5.41) is 20.5. The minimum Gasteiger partial charge on any atom is -0.494 e. The van der Waals surface area contributed by atoms with Crippen LogP contribution in [0.3, 0.4) is 0 Å². The Morgan fingerprint density at radius 1 is 1.00 bits per heavy atom.